The van der Waals surface area contributed by atoms with Crippen LogP contribution in [0.4, 0.5) is 4.79 Å². The number of hydrogen-bond acceptors (Lipinski definition) is 1. The van der Waals surface area contributed by atoms with Crippen molar-refractivity contribution in [2.45, 2.75) is 0 Å². The van der Waals surface area contributed by atoms with E-state index >= 15 is 0 Å². The van der Waals surface area contributed by atoms with Gasteiger partial charge in [0.15, 0.2) is 0 Å². The van der Waals surface area contributed by atoms with Crippen molar-refractivity contribution in [1.29, 1.82) is 0 Å². The topological polar surface area (TPSA) is 37.3 Å². The van der Waals surface area contributed by atoms with E-state index in [4.69, 9.17) is 5.11 Å². The molecule has 0 aliphatic rings. The summed E-state index contributed by atoms with van der Waals surface area (Å²) in [5.74, 6) is 0. The van der Waals surface area contributed by atoms with Crippen LogP contribution in [0.2, 0.25) is 0 Å². The summed E-state index contributed by atoms with van der Waals surface area (Å²) in [6.07, 6.45) is 0. The van der Waals surface area contributed by atoms with Gasteiger partial charge < -0.3 is 0 Å². The van der Waals surface area contributed by atoms with E-state index in [1.165, 1.54) is 0 Å². The minimum absolute atomic E-state index is 0.704. The van der Waals surface area contributed by atoms with Crippen LogP contribution in [0.15, 0.2) is 0 Å². The molecule has 0 heterocycles. The molecule has 0 aliphatic heterocycles. The molecule has 0 aromatic rings. The third-order valence-corrected chi connectivity index (χ3v) is 1.73. The van der Waals surface area contributed by atoms with Crippen molar-refractivity contribution in [3.05, 3.63) is 0 Å². The molecule has 0 aliphatic carbocycles. The van der Waals surface area contributed by atoms with E-state index in [0.29, 0.717) is 0 Å². The molecule has 0 saturated carbocycles. The average Bonchev–Trinajstić information content (AvgIpc) is 1.38. The first-order valence-corrected chi connectivity index (χ1v) is 5.78. The van der Waals surface area contributed by atoms with E-state index in [2.05, 4.69) is 14.0 Å². The second-order valence-electron chi connectivity index (χ2n) is 0.400. The summed E-state index contributed by atoms with van der Waals surface area (Å²) in [5, 5.41) is 7.73. The van der Waals surface area contributed by atoms with Crippen LogP contribution in [-0.4, -0.2) is 23.7 Å². The fraction of sp³-hybridized carbons (Fsp3) is 0. The van der Waals surface area contributed by atoms with Crippen LogP contribution in [0.3, 0.4) is 0 Å². The summed E-state index contributed by atoms with van der Waals surface area (Å²) in [5.41, 5.74) is 0. The second kappa shape index (κ2) is 2.77. The predicted octanol–water partition coefficient (Wildman–Crippen LogP) is -0.437. The predicted molar refractivity (Wildman–Crippen MR) is 15.2 cm³/mol. The Kier molecular flexibility index (Phi) is 3.07. The van der Waals surface area contributed by atoms with Gasteiger partial charge in [0.2, 0.25) is 0 Å². The van der Waals surface area contributed by atoms with Crippen molar-refractivity contribution in [2.24, 2.45) is 0 Å². The number of carboxylic acid groups (broad SMARTS) is 1. The zero-order valence-corrected chi connectivity index (χ0v) is 5.51. The summed E-state index contributed by atoms with van der Waals surface area (Å²) < 4.78 is -0.704. The van der Waals surface area contributed by atoms with Gasteiger partial charge in [-0.1, -0.05) is 0 Å². The zero-order chi connectivity index (χ0) is 4.28. The standard InChI is InChI=1S/CH2AsO2.Mn/c2-1(3)4;/h2H,(H,3,4);/q-1;+1. The Balaban J connectivity index is 2.85. The summed E-state index contributed by atoms with van der Waals surface area (Å²) >= 11 is 2.01. The first-order valence-electron chi connectivity index (χ1n) is 0.867. The molecular weight excluding hydrogens is 174 g/mol. The van der Waals surface area contributed by atoms with Crippen molar-refractivity contribution >= 4 is 18.6 Å². The molecule has 0 rings (SSSR count). The SMILES string of the molecule is O=C(O)[AsH][Mn]. The third-order valence-electron chi connectivity index (χ3n) is 0.0808. The maximum atomic E-state index is 9.38. The first-order chi connectivity index (χ1) is 2.27. The van der Waals surface area contributed by atoms with Crippen LogP contribution in [-0.2, 0) is 14.0 Å². The van der Waals surface area contributed by atoms with Crippen molar-refractivity contribution in [2.75, 3.05) is 0 Å². The molecule has 0 radical (unpaired) electrons. The zero-order valence-electron chi connectivity index (χ0n) is 2.23. The van der Waals surface area contributed by atoms with E-state index in [0.717, 1.165) is 0 Å². The van der Waals surface area contributed by atoms with Gasteiger partial charge in [-0.15, -0.1) is 0 Å². The number of rotatable bonds is 1. The van der Waals surface area contributed by atoms with Crippen LogP contribution >= 0.6 is 0 Å². The van der Waals surface area contributed by atoms with Crippen molar-refractivity contribution < 1.29 is 23.9 Å². The molecule has 1 atom stereocenters. The summed E-state index contributed by atoms with van der Waals surface area (Å²) in [7, 11) is 0. The van der Waals surface area contributed by atoms with Crippen molar-refractivity contribution in [3.63, 3.8) is 0 Å². The van der Waals surface area contributed by atoms with Crippen LogP contribution in [0.1, 0.15) is 0 Å². The van der Waals surface area contributed by atoms with Gasteiger partial charge in [0.1, 0.15) is 0 Å². The maximum absolute atomic E-state index is 9.38. The van der Waals surface area contributed by atoms with E-state index in [1.807, 2.05) is 0 Å². The molecule has 5 heavy (non-hydrogen) atoms. The molecule has 2 nitrogen and oxygen atoms in total. The molecule has 0 aromatic carbocycles. The molecule has 0 aromatic heterocycles. The Labute approximate surface area is 42.9 Å². The van der Waals surface area contributed by atoms with Crippen LogP contribution in [0.25, 0.3) is 0 Å². The minimum atomic E-state index is -0.826. The molecule has 0 amide bonds. The molecule has 0 spiro atoms. The van der Waals surface area contributed by atoms with Gasteiger partial charge in [0, 0.05) is 0 Å². The number of carbonyl (C=O) groups is 1. The Hall–Kier alpha value is 0.548. The van der Waals surface area contributed by atoms with E-state index in [-0.39, 0.29) is 0 Å². The van der Waals surface area contributed by atoms with Gasteiger partial charge in [-0.05, 0) is 0 Å². The van der Waals surface area contributed by atoms with Crippen molar-refractivity contribution in [1.82, 2.24) is 0 Å². The molecule has 0 saturated heterocycles. The first kappa shape index (κ1) is 5.55. The van der Waals surface area contributed by atoms with E-state index in [1.54, 1.807) is 0 Å². The molecule has 1 N–H and O–H groups in total. The quantitative estimate of drug-likeness (QED) is 0.550. The summed E-state index contributed by atoms with van der Waals surface area (Å²) in [4.78, 5) is 9.38. The van der Waals surface area contributed by atoms with Gasteiger partial charge in [0.05, 0.1) is 0 Å². The summed E-state index contributed by atoms with van der Waals surface area (Å²) in [6.45, 7) is 0. The van der Waals surface area contributed by atoms with Gasteiger partial charge >= 0.3 is 42.5 Å². The monoisotopic (exact) mass is 176 g/mol. The normalized spacial score (nSPS) is 9.80. The van der Waals surface area contributed by atoms with Crippen LogP contribution in [0.5, 0.6) is 0 Å². The summed E-state index contributed by atoms with van der Waals surface area (Å²) in [6, 6.07) is 0. The Morgan fingerprint density at radius 2 is 2.20 bits per heavy atom. The van der Waals surface area contributed by atoms with Gasteiger partial charge in [-0.25, -0.2) is 0 Å². The second-order valence-corrected chi connectivity index (χ2v) is 3.23. The Bertz CT molecular complexity index is 44.9. The molecular formula is CH2AsMnO2. The molecule has 1 unspecified atom stereocenters. The third kappa shape index (κ3) is 4.55. The van der Waals surface area contributed by atoms with Crippen LogP contribution < -0.4 is 0 Å². The Morgan fingerprint density at radius 3 is 2.20 bits per heavy atom. The fourth-order valence-electron chi connectivity index (χ4n) is 0. The average molecular weight is 176 g/mol. The molecule has 0 fully saturated rings. The van der Waals surface area contributed by atoms with Crippen molar-refractivity contribution in [3.8, 4) is 0 Å². The Morgan fingerprint density at radius 1 is 2.00 bits per heavy atom. The van der Waals surface area contributed by atoms with Gasteiger partial charge in [0.25, 0.3) is 0 Å². The van der Waals surface area contributed by atoms with E-state index in [9.17, 15) is 4.79 Å². The molecule has 30 valence electrons. The fourth-order valence-corrected chi connectivity index (χ4v) is 0. The van der Waals surface area contributed by atoms with Gasteiger partial charge in [-0.2, -0.15) is 0 Å². The van der Waals surface area contributed by atoms with Crippen LogP contribution in [0, 0.1) is 0 Å². The molecule has 4 heteroatoms. The molecule has 0 bridgehead atoms. The number of hydrogen-bond donors (Lipinski definition) is 1. The van der Waals surface area contributed by atoms with Gasteiger partial charge in [-0.3, -0.25) is 0 Å². The van der Waals surface area contributed by atoms with E-state index < -0.39 is 18.6 Å².